The molecule has 0 spiro atoms. The first kappa shape index (κ1) is 15.5. The van der Waals surface area contributed by atoms with Crippen LogP contribution in [0.15, 0.2) is 53.4 Å². The monoisotopic (exact) mass is 305 g/mol. The van der Waals surface area contributed by atoms with Crippen molar-refractivity contribution in [2.24, 2.45) is 0 Å². The smallest absolute Gasteiger partial charge is 0.264 e. The number of nitrogens with zero attached hydrogens (tertiary/aromatic N) is 1. The lowest BCUT2D eigenvalue weighted by atomic mass is 10.2. The van der Waals surface area contributed by atoms with Crippen LogP contribution in [0.2, 0.25) is 0 Å². The highest BCUT2D eigenvalue weighted by Crippen LogP contribution is 2.25. The Morgan fingerprint density at radius 1 is 1.05 bits per heavy atom. The van der Waals surface area contributed by atoms with Crippen molar-refractivity contribution >= 4 is 15.7 Å². The maximum Gasteiger partial charge on any atom is 0.264 e. The van der Waals surface area contributed by atoms with E-state index in [9.17, 15) is 13.5 Å². The molecule has 1 N–H and O–H groups in total. The largest absolute Gasteiger partial charge is 0.394 e. The second-order valence-corrected chi connectivity index (χ2v) is 6.74. The van der Waals surface area contributed by atoms with Gasteiger partial charge in [-0.05, 0) is 37.6 Å². The normalized spacial score (nSPS) is 11.4. The zero-order valence-corrected chi connectivity index (χ0v) is 13.0. The third-order valence-corrected chi connectivity index (χ3v) is 5.23. The summed E-state index contributed by atoms with van der Waals surface area (Å²) in [6.45, 7) is 3.49. The van der Waals surface area contributed by atoms with Crippen LogP contribution >= 0.6 is 0 Å². The van der Waals surface area contributed by atoms with E-state index in [1.807, 2.05) is 19.1 Å². The molecule has 0 unspecified atom stereocenters. The minimum absolute atomic E-state index is 0.0274. The highest BCUT2D eigenvalue weighted by molar-refractivity contribution is 7.92. The van der Waals surface area contributed by atoms with Gasteiger partial charge in [0.15, 0.2) is 0 Å². The van der Waals surface area contributed by atoms with Crippen LogP contribution < -0.4 is 4.31 Å². The van der Waals surface area contributed by atoms with Gasteiger partial charge in [-0.15, -0.1) is 0 Å². The molecule has 0 bridgehead atoms. The number of aliphatic hydroxyl groups is 1. The Morgan fingerprint density at radius 3 is 2.29 bits per heavy atom. The summed E-state index contributed by atoms with van der Waals surface area (Å²) in [5.74, 6) is 0. The maximum absolute atomic E-state index is 12.9. The van der Waals surface area contributed by atoms with Crippen LogP contribution in [-0.4, -0.2) is 26.7 Å². The SMILES string of the molecule is Cc1ccc(S(=O)(=O)N(CCO)c2ccccc2)c(C)c1. The van der Waals surface area contributed by atoms with Crippen molar-refractivity contribution in [1.29, 1.82) is 0 Å². The zero-order valence-electron chi connectivity index (χ0n) is 12.2. The van der Waals surface area contributed by atoms with Crippen LogP contribution in [0.4, 0.5) is 5.69 Å². The molecule has 21 heavy (non-hydrogen) atoms. The molecule has 0 radical (unpaired) electrons. The lowest BCUT2D eigenvalue weighted by molar-refractivity contribution is 0.306. The Kier molecular flexibility index (Phi) is 4.65. The van der Waals surface area contributed by atoms with E-state index in [4.69, 9.17) is 0 Å². The summed E-state index contributed by atoms with van der Waals surface area (Å²) in [6, 6.07) is 14.1. The molecule has 2 rings (SSSR count). The van der Waals surface area contributed by atoms with E-state index in [-0.39, 0.29) is 18.0 Å². The Bertz CT molecular complexity index is 712. The van der Waals surface area contributed by atoms with E-state index in [1.165, 1.54) is 4.31 Å². The van der Waals surface area contributed by atoms with Crippen molar-refractivity contribution in [2.45, 2.75) is 18.7 Å². The third-order valence-electron chi connectivity index (χ3n) is 3.25. The molecule has 0 amide bonds. The van der Waals surface area contributed by atoms with Gasteiger partial charge in [0.2, 0.25) is 0 Å². The second-order valence-electron chi connectivity index (χ2n) is 4.91. The van der Waals surface area contributed by atoms with Crippen LogP contribution in [0.1, 0.15) is 11.1 Å². The Hall–Kier alpha value is -1.85. The van der Waals surface area contributed by atoms with Crippen molar-refractivity contribution < 1.29 is 13.5 Å². The van der Waals surface area contributed by atoms with E-state index in [2.05, 4.69) is 0 Å². The summed E-state index contributed by atoms with van der Waals surface area (Å²) in [7, 11) is -3.69. The molecule has 0 fully saturated rings. The molecule has 4 nitrogen and oxygen atoms in total. The van der Waals surface area contributed by atoms with Gasteiger partial charge in [-0.3, -0.25) is 4.31 Å². The van der Waals surface area contributed by atoms with Gasteiger partial charge in [-0.1, -0.05) is 35.9 Å². The van der Waals surface area contributed by atoms with Crippen molar-refractivity contribution in [1.82, 2.24) is 0 Å². The van der Waals surface area contributed by atoms with Gasteiger partial charge < -0.3 is 5.11 Å². The van der Waals surface area contributed by atoms with Gasteiger partial charge in [0.25, 0.3) is 10.0 Å². The number of para-hydroxylation sites is 1. The van der Waals surface area contributed by atoms with E-state index in [0.717, 1.165) is 5.56 Å². The molecule has 0 aliphatic rings. The molecule has 0 aliphatic heterocycles. The molecular weight excluding hydrogens is 286 g/mol. The number of hydrogen-bond donors (Lipinski definition) is 1. The highest BCUT2D eigenvalue weighted by atomic mass is 32.2. The average Bonchev–Trinajstić information content (AvgIpc) is 2.45. The quantitative estimate of drug-likeness (QED) is 0.923. The number of aryl methyl sites for hydroxylation is 2. The molecule has 0 aliphatic carbocycles. The van der Waals surface area contributed by atoms with E-state index < -0.39 is 10.0 Å². The second kappa shape index (κ2) is 6.28. The zero-order chi connectivity index (χ0) is 15.5. The fourth-order valence-electron chi connectivity index (χ4n) is 2.28. The van der Waals surface area contributed by atoms with Crippen molar-refractivity contribution in [3.63, 3.8) is 0 Å². The Morgan fingerprint density at radius 2 is 1.71 bits per heavy atom. The summed E-state index contributed by atoms with van der Waals surface area (Å²) < 4.78 is 27.0. The molecule has 0 aromatic heterocycles. The lowest BCUT2D eigenvalue weighted by Gasteiger charge is -2.24. The third kappa shape index (κ3) is 3.25. The molecule has 0 saturated carbocycles. The first-order valence-corrected chi connectivity index (χ1v) is 8.16. The van der Waals surface area contributed by atoms with Gasteiger partial charge >= 0.3 is 0 Å². The maximum atomic E-state index is 12.9. The number of aliphatic hydroxyl groups excluding tert-OH is 1. The molecular formula is C16H19NO3S. The van der Waals surface area contributed by atoms with E-state index in [1.54, 1.807) is 43.3 Å². The van der Waals surface area contributed by atoms with Crippen molar-refractivity contribution in [3.05, 3.63) is 59.7 Å². The van der Waals surface area contributed by atoms with E-state index >= 15 is 0 Å². The number of anilines is 1. The van der Waals surface area contributed by atoms with Crippen LogP contribution in [-0.2, 0) is 10.0 Å². The number of rotatable bonds is 5. The molecule has 5 heteroatoms. The fourth-order valence-corrected chi connectivity index (χ4v) is 3.95. The number of sulfonamides is 1. The average molecular weight is 305 g/mol. The summed E-state index contributed by atoms with van der Waals surface area (Å²) in [5, 5.41) is 9.22. The van der Waals surface area contributed by atoms with Crippen LogP contribution in [0.25, 0.3) is 0 Å². The van der Waals surface area contributed by atoms with E-state index in [0.29, 0.717) is 11.3 Å². The Balaban J connectivity index is 2.53. The summed E-state index contributed by atoms with van der Waals surface area (Å²) in [4.78, 5) is 0.269. The van der Waals surface area contributed by atoms with Gasteiger partial charge in [0.1, 0.15) is 0 Å². The lowest BCUT2D eigenvalue weighted by Crippen LogP contribution is -2.34. The molecule has 2 aromatic rings. The van der Waals surface area contributed by atoms with Gasteiger partial charge in [0, 0.05) is 0 Å². The minimum Gasteiger partial charge on any atom is -0.394 e. The summed E-state index contributed by atoms with van der Waals surface area (Å²) in [6.07, 6.45) is 0. The van der Waals surface area contributed by atoms with Crippen LogP contribution in [0, 0.1) is 13.8 Å². The molecule has 2 aromatic carbocycles. The van der Waals surface area contributed by atoms with Gasteiger partial charge in [-0.2, -0.15) is 0 Å². The highest BCUT2D eigenvalue weighted by Gasteiger charge is 2.25. The standard InChI is InChI=1S/C16H19NO3S/c1-13-8-9-16(14(2)12-13)21(19,20)17(10-11-18)15-6-4-3-5-7-15/h3-9,12,18H,10-11H2,1-2H3. The van der Waals surface area contributed by atoms with Crippen molar-refractivity contribution in [2.75, 3.05) is 17.5 Å². The fraction of sp³-hybridized carbons (Fsp3) is 0.250. The topological polar surface area (TPSA) is 57.6 Å². The Labute approximate surface area is 125 Å². The van der Waals surface area contributed by atoms with Crippen LogP contribution in [0.5, 0.6) is 0 Å². The summed E-state index contributed by atoms with van der Waals surface area (Å²) >= 11 is 0. The predicted molar refractivity (Wildman–Crippen MR) is 84.0 cm³/mol. The number of benzene rings is 2. The van der Waals surface area contributed by atoms with Gasteiger partial charge in [0.05, 0.1) is 23.7 Å². The number of hydrogen-bond acceptors (Lipinski definition) is 3. The van der Waals surface area contributed by atoms with Gasteiger partial charge in [-0.25, -0.2) is 8.42 Å². The summed E-state index contributed by atoms with van der Waals surface area (Å²) in [5.41, 5.74) is 2.26. The minimum atomic E-state index is -3.69. The molecule has 112 valence electrons. The predicted octanol–water partition coefficient (Wildman–Crippen LogP) is 2.49. The molecule has 0 atom stereocenters. The van der Waals surface area contributed by atoms with Crippen molar-refractivity contribution in [3.8, 4) is 0 Å². The first-order valence-electron chi connectivity index (χ1n) is 6.72. The molecule has 0 heterocycles. The first-order chi connectivity index (χ1) is 9.96. The van der Waals surface area contributed by atoms with Crippen LogP contribution in [0.3, 0.4) is 0 Å². The molecule has 0 saturated heterocycles.